The molecule has 0 unspecified atom stereocenters. The second-order valence-corrected chi connectivity index (χ2v) is 5.07. The van der Waals surface area contributed by atoms with Gasteiger partial charge in [-0.25, -0.2) is 0 Å². The van der Waals surface area contributed by atoms with Gasteiger partial charge in [0.2, 0.25) is 0 Å². The van der Waals surface area contributed by atoms with Gasteiger partial charge in [-0.15, -0.1) is 0 Å². The molecule has 0 radical (unpaired) electrons. The Balaban J connectivity index is 2.02. The van der Waals surface area contributed by atoms with Crippen LogP contribution in [0.15, 0.2) is 0 Å². The van der Waals surface area contributed by atoms with Gasteiger partial charge < -0.3 is 5.11 Å². The number of hydrogen-bond acceptors (Lipinski definition) is 2. The first-order chi connectivity index (χ1) is 7.23. The number of hydrogen-bond donors (Lipinski definition) is 2. The zero-order chi connectivity index (χ0) is 10.7. The molecule has 0 aliphatic heterocycles. The average Bonchev–Trinajstić information content (AvgIpc) is 2.93. The minimum absolute atomic E-state index is 0.487. The molecule has 0 heterocycles. The highest BCUT2D eigenvalue weighted by Gasteiger charge is 2.41. The lowest BCUT2D eigenvalue weighted by atomic mass is 9.84. The van der Waals surface area contributed by atoms with E-state index in [1.54, 1.807) is 0 Å². The Hall–Kier alpha value is -0.570. The van der Waals surface area contributed by atoms with Crippen molar-refractivity contribution in [2.24, 2.45) is 0 Å². The van der Waals surface area contributed by atoms with Crippen LogP contribution in [-0.2, 0) is 4.79 Å². The molecule has 3 nitrogen and oxygen atoms in total. The summed E-state index contributed by atoms with van der Waals surface area (Å²) in [6, 6.07) is 0.487. The summed E-state index contributed by atoms with van der Waals surface area (Å²) in [6.45, 7) is 0. The summed E-state index contributed by atoms with van der Waals surface area (Å²) in [5.41, 5.74) is -0.596. The molecule has 0 aromatic heterocycles. The van der Waals surface area contributed by atoms with Crippen molar-refractivity contribution in [2.75, 3.05) is 0 Å². The van der Waals surface area contributed by atoms with Gasteiger partial charge in [0, 0.05) is 6.04 Å². The van der Waals surface area contributed by atoms with Crippen molar-refractivity contribution in [2.45, 2.75) is 69.4 Å². The van der Waals surface area contributed by atoms with E-state index >= 15 is 0 Å². The van der Waals surface area contributed by atoms with Crippen molar-refractivity contribution in [3.05, 3.63) is 0 Å². The molecule has 15 heavy (non-hydrogen) atoms. The molecule has 3 heteroatoms. The summed E-state index contributed by atoms with van der Waals surface area (Å²) in [4.78, 5) is 11.4. The van der Waals surface area contributed by atoms with E-state index in [4.69, 9.17) is 0 Å². The summed E-state index contributed by atoms with van der Waals surface area (Å²) in [5, 5.41) is 12.8. The molecule has 0 saturated heterocycles. The van der Waals surface area contributed by atoms with Gasteiger partial charge in [0.25, 0.3) is 0 Å². The van der Waals surface area contributed by atoms with Crippen LogP contribution in [0, 0.1) is 0 Å². The second kappa shape index (κ2) is 4.52. The lowest BCUT2D eigenvalue weighted by Crippen LogP contribution is -2.53. The van der Waals surface area contributed by atoms with Gasteiger partial charge in [-0.3, -0.25) is 10.1 Å². The topological polar surface area (TPSA) is 49.3 Å². The van der Waals surface area contributed by atoms with E-state index in [-0.39, 0.29) is 0 Å². The van der Waals surface area contributed by atoms with Crippen LogP contribution in [0.2, 0.25) is 0 Å². The molecule has 0 spiro atoms. The number of rotatable bonds is 3. The Morgan fingerprint density at radius 3 is 2.07 bits per heavy atom. The maximum Gasteiger partial charge on any atom is 0.323 e. The van der Waals surface area contributed by atoms with E-state index < -0.39 is 11.5 Å². The van der Waals surface area contributed by atoms with Crippen LogP contribution in [0.25, 0.3) is 0 Å². The summed E-state index contributed by atoms with van der Waals surface area (Å²) >= 11 is 0. The minimum atomic E-state index is -0.628. The second-order valence-electron chi connectivity index (χ2n) is 5.07. The van der Waals surface area contributed by atoms with Gasteiger partial charge in [-0.1, -0.05) is 32.1 Å². The predicted octanol–water partition coefficient (Wildman–Crippen LogP) is 2.31. The normalized spacial score (nSPS) is 26.7. The molecule has 0 atom stereocenters. The van der Waals surface area contributed by atoms with Crippen molar-refractivity contribution in [1.82, 2.24) is 5.32 Å². The molecule has 2 saturated carbocycles. The van der Waals surface area contributed by atoms with Crippen LogP contribution >= 0.6 is 0 Å². The predicted molar refractivity (Wildman–Crippen MR) is 58.8 cm³/mol. The van der Waals surface area contributed by atoms with E-state index in [0.29, 0.717) is 6.04 Å². The number of carboxylic acid groups (broad SMARTS) is 1. The zero-order valence-corrected chi connectivity index (χ0v) is 9.30. The molecule has 2 fully saturated rings. The third kappa shape index (κ3) is 2.71. The minimum Gasteiger partial charge on any atom is -0.480 e. The number of carboxylic acids is 1. The first-order valence-corrected chi connectivity index (χ1v) is 6.24. The Labute approximate surface area is 91.2 Å². The van der Waals surface area contributed by atoms with E-state index in [1.165, 1.54) is 19.3 Å². The molecule has 2 N–H and O–H groups in total. The van der Waals surface area contributed by atoms with Crippen molar-refractivity contribution < 1.29 is 9.90 Å². The smallest absolute Gasteiger partial charge is 0.323 e. The summed E-state index contributed by atoms with van der Waals surface area (Å²) in [6.07, 6.45) is 9.75. The molecule has 0 bridgehead atoms. The van der Waals surface area contributed by atoms with Crippen LogP contribution in [-0.4, -0.2) is 22.7 Å². The Bertz CT molecular complexity index is 228. The van der Waals surface area contributed by atoms with Crippen LogP contribution in [0.1, 0.15) is 57.8 Å². The molecule has 2 aliphatic carbocycles. The standard InChI is InChI=1S/C12H21NO2/c14-11(15)12(13-10-6-7-10)8-4-2-1-3-5-9-12/h10,13H,1-9H2,(H,14,15). The highest BCUT2D eigenvalue weighted by atomic mass is 16.4. The van der Waals surface area contributed by atoms with Gasteiger partial charge in [-0.05, 0) is 25.7 Å². The summed E-state index contributed by atoms with van der Waals surface area (Å²) in [5.74, 6) is -0.628. The van der Waals surface area contributed by atoms with Crippen molar-refractivity contribution in [3.8, 4) is 0 Å². The first-order valence-electron chi connectivity index (χ1n) is 6.24. The van der Waals surface area contributed by atoms with Gasteiger partial charge >= 0.3 is 5.97 Å². The lowest BCUT2D eigenvalue weighted by molar-refractivity contribution is -0.146. The van der Waals surface area contributed by atoms with E-state index in [1.807, 2.05) is 0 Å². The Morgan fingerprint density at radius 2 is 1.60 bits per heavy atom. The largest absolute Gasteiger partial charge is 0.480 e. The monoisotopic (exact) mass is 211 g/mol. The van der Waals surface area contributed by atoms with Gasteiger partial charge in [0.05, 0.1) is 0 Å². The Morgan fingerprint density at radius 1 is 1.07 bits per heavy atom. The fraction of sp³-hybridized carbons (Fsp3) is 0.917. The van der Waals surface area contributed by atoms with E-state index in [9.17, 15) is 9.90 Å². The van der Waals surface area contributed by atoms with Gasteiger partial charge in [-0.2, -0.15) is 0 Å². The van der Waals surface area contributed by atoms with Crippen LogP contribution < -0.4 is 5.32 Å². The average molecular weight is 211 g/mol. The third-order valence-corrected chi connectivity index (χ3v) is 3.67. The van der Waals surface area contributed by atoms with Gasteiger partial charge in [0.1, 0.15) is 5.54 Å². The van der Waals surface area contributed by atoms with Crippen molar-refractivity contribution >= 4 is 5.97 Å². The molecular formula is C12H21NO2. The number of aliphatic carboxylic acids is 1. The quantitative estimate of drug-likeness (QED) is 0.753. The highest BCUT2D eigenvalue weighted by molar-refractivity contribution is 5.78. The van der Waals surface area contributed by atoms with Crippen molar-refractivity contribution in [1.29, 1.82) is 0 Å². The molecule has 86 valence electrons. The summed E-state index contributed by atoms with van der Waals surface area (Å²) in [7, 11) is 0. The van der Waals surface area contributed by atoms with Crippen LogP contribution in [0.4, 0.5) is 0 Å². The lowest BCUT2D eigenvalue weighted by Gasteiger charge is -2.32. The van der Waals surface area contributed by atoms with Crippen molar-refractivity contribution in [3.63, 3.8) is 0 Å². The molecule has 0 aromatic rings. The SMILES string of the molecule is O=C(O)C1(NC2CC2)CCCCCCC1. The van der Waals surface area contributed by atoms with Crippen LogP contribution in [0.5, 0.6) is 0 Å². The molecular weight excluding hydrogens is 190 g/mol. The molecule has 0 amide bonds. The third-order valence-electron chi connectivity index (χ3n) is 3.67. The Kier molecular flexibility index (Phi) is 3.29. The first kappa shape index (κ1) is 10.9. The molecule has 2 aliphatic rings. The molecule has 2 rings (SSSR count). The fourth-order valence-corrected chi connectivity index (χ4v) is 2.55. The van der Waals surface area contributed by atoms with E-state index in [0.717, 1.165) is 38.5 Å². The highest BCUT2D eigenvalue weighted by Crippen LogP contribution is 2.31. The molecule has 0 aromatic carbocycles. The summed E-state index contributed by atoms with van der Waals surface area (Å²) < 4.78 is 0. The maximum absolute atomic E-state index is 11.4. The van der Waals surface area contributed by atoms with Gasteiger partial charge in [0.15, 0.2) is 0 Å². The maximum atomic E-state index is 11.4. The van der Waals surface area contributed by atoms with E-state index in [2.05, 4.69) is 5.32 Å². The number of carbonyl (C=O) groups is 1. The fourth-order valence-electron chi connectivity index (χ4n) is 2.55. The zero-order valence-electron chi connectivity index (χ0n) is 9.30. The van der Waals surface area contributed by atoms with Crippen LogP contribution in [0.3, 0.4) is 0 Å². The number of nitrogens with one attached hydrogen (secondary N) is 1.